The lowest BCUT2D eigenvalue weighted by Gasteiger charge is -2.10. The van der Waals surface area contributed by atoms with Gasteiger partial charge in [0.05, 0.1) is 5.69 Å². The summed E-state index contributed by atoms with van der Waals surface area (Å²) in [6.07, 6.45) is 1.34. The summed E-state index contributed by atoms with van der Waals surface area (Å²) in [5, 5.41) is 4.64. The van der Waals surface area contributed by atoms with Crippen LogP contribution < -0.4 is 16.7 Å². The van der Waals surface area contributed by atoms with Gasteiger partial charge in [0.25, 0.3) is 0 Å². The molecule has 0 saturated carbocycles. The van der Waals surface area contributed by atoms with Gasteiger partial charge in [0, 0.05) is 0 Å². The van der Waals surface area contributed by atoms with E-state index in [1.54, 1.807) is 0 Å². The number of anilines is 1. The molecule has 58 valence electrons. The highest BCUT2D eigenvalue weighted by Gasteiger charge is 1.93. The van der Waals surface area contributed by atoms with E-state index in [1.807, 2.05) is 30.3 Å². The van der Waals surface area contributed by atoms with Crippen LogP contribution in [-0.2, 0) is 0 Å². The Bertz CT molecular complexity index is 231. The molecule has 0 aromatic heterocycles. The van der Waals surface area contributed by atoms with E-state index in [1.165, 1.54) is 11.3 Å². The molecule has 0 saturated heterocycles. The monoisotopic (exact) mass is 150 g/mol. The first-order valence-corrected chi connectivity index (χ1v) is 3.17. The predicted octanol–water partition coefficient (Wildman–Crippen LogP) is 0.269. The summed E-state index contributed by atoms with van der Waals surface area (Å²) in [5.74, 6) is 10.4. The van der Waals surface area contributed by atoms with Gasteiger partial charge in [-0.15, -0.1) is 0 Å². The molecule has 0 fully saturated rings. The van der Waals surface area contributed by atoms with Crippen LogP contribution in [0.25, 0.3) is 0 Å². The maximum atomic E-state index is 5.51. The molecule has 1 aromatic rings. The normalized spacial score (nSPS) is 10.3. The minimum Gasteiger partial charge on any atom is -0.322 e. The van der Waals surface area contributed by atoms with Crippen molar-refractivity contribution in [1.29, 1.82) is 0 Å². The molecule has 0 heterocycles. The van der Waals surface area contributed by atoms with E-state index in [0.29, 0.717) is 0 Å². The number of nitrogens with zero attached hydrogens (tertiary/aromatic N) is 2. The predicted molar refractivity (Wildman–Crippen MR) is 45.8 cm³/mol. The number of nitrogens with two attached hydrogens (primary N) is 2. The fourth-order valence-electron chi connectivity index (χ4n) is 0.739. The maximum Gasteiger partial charge on any atom is 0.129 e. The molecule has 0 amide bonds. The molecule has 0 aliphatic rings. The Kier molecular flexibility index (Phi) is 2.46. The van der Waals surface area contributed by atoms with Crippen LogP contribution in [0.5, 0.6) is 0 Å². The summed E-state index contributed by atoms with van der Waals surface area (Å²) in [6, 6.07) is 9.42. The zero-order chi connectivity index (χ0) is 8.10. The van der Waals surface area contributed by atoms with Crippen molar-refractivity contribution in [2.45, 2.75) is 0 Å². The highest BCUT2D eigenvalue weighted by molar-refractivity contribution is 5.76. The highest BCUT2D eigenvalue weighted by atomic mass is 15.4. The van der Waals surface area contributed by atoms with Crippen molar-refractivity contribution in [3.63, 3.8) is 0 Å². The van der Waals surface area contributed by atoms with E-state index in [0.717, 1.165) is 5.69 Å². The Labute approximate surface area is 65.1 Å². The average molecular weight is 150 g/mol. The van der Waals surface area contributed by atoms with Crippen LogP contribution in [0.3, 0.4) is 0 Å². The molecular weight excluding hydrogens is 140 g/mol. The zero-order valence-electron chi connectivity index (χ0n) is 6.01. The molecule has 0 spiro atoms. The van der Waals surface area contributed by atoms with Crippen LogP contribution in [0.4, 0.5) is 5.69 Å². The maximum absolute atomic E-state index is 5.51. The number of para-hydroxylation sites is 1. The number of hydrogen-bond acceptors (Lipinski definition) is 3. The Hall–Kier alpha value is -1.55. The van der Waals surface area contributed by atoms with E-state index in [2.05, 4.69) is 5.10 Å². The molecule has 0 unspecified atom stereocenters. The van der Waals surface area contributed by atoms with E-state index in [4.69, 9.17) is 11.7 Å². The SMILES string of the molecule is N/N=C\N(N)c1ccccc1. The average Bonchev–Trinajstić information content (AvgIpc) is 2.07. The Morgan fingerprint density at radius 1 is 1.27 bits per heavy atom. The summed E-state index contributed by atoms with van der Waals surface area (Å²) >= 11 is 0. The number of benzene rings is 1. The molecule has 0 aliphatic heterocycles. The van der Waals surface area contributed by atoms with Gasteiger partial charge in [0.1, 0.15) is 6.34 Å². The van der Waals surface area contributed by atoms with Crippen molar-refractivity contribution >= 4 is 12.0 Å². The Balaban J connectivity index is 2.76. The first-order valence-electron chi connectivity index (χ1n) is 3.17. The van der Waals surface area contributed by atoms with Crippen LogP contribution in [-0.4, -0.2) is 6.34 Å². The van der Waals surface area contributed by atoms with Crippen molar-refractivity contribution in [1.82, 2.24) is 0 Å². The van der Waals surface area contributed by atoms with Gasteiger partial charge in [-0.3, -0.25) is 5.01 Å². The van der Waals surface area contributed by atoms with Crippen LogP contribution in [0.2, 0.25) is 0 Å². The van der Waals surface area contributed by atoms with Crippen molar-refractivity contribution < 1.29 is 0 Å². The van der Waals surface area contributed by atoms with Crippen molar-refractivity contribution in [2.24, 2.45) is 16.8 Å². The fraction of sp³-hybridized carbons (Fsp3) is 0. The summed E-state index contributed by atoms with van der Waals surface area (Å²) in [7, 11) is 0. The second kappa shape index (κ2) is 3.58. The first kappa shape index (κ1) is 7.56. The molecule has 11 heavy (non-hydrogen) atoms. The number of hydrogen-bond donors (Lipinski definition) is 2. The third kappa shape index (κ3) is 1.94. The van der Waals surface area contributed by atoms with E-state index in [9.17, 15) is 0 Å². The lowest BCUT2D eigenvalue weighted by molar-refractivity contribution is 1.12. The standard InChI is InChI=1S/C7H10N4/c8-10-6-11(9)7-4-2-1-3-5-7/h1-6H,8-9H2/b10-6-. The number of rotatable bonds is 2. The summed E-state index contributed by atoms with van der Waals surface area (Å²) in [4.78, 5) is 0. The van der Waals surface area contributed by atoms with E-state index >= 15 is 0 Å². The van der Waals surface area contributed by atoms with Gasteiger partial charge in [-0.05, 0) is 12.1 Å². The van der Waals surface area contributed by atoms with Gasteiger partial charge in [-0.1, -0.05) is 18.2 Å². The van der Waals surface area contributed by atoms with Crippen molar-refractivity contribution in [3.05, 3.63) is 30.3 Å². The van der Waals surface area contributed by atoms with Gasteiger partial charge in [0.2, 0.25) is 0 Å². The van der Waals surface area contributed by atoms with E-state index in [-0.39, 0.29) is 0 Å². The Morgan fingerprint density at radius 2 is 1.91 bits per heavy atom. The smallest absolute Gasteiger partial charge is 0.129 e. The minimum absolute atomic E-state index is 0.849. The molecule has 0 atom stereocenters. The zero-order valence-corrected chi connectivity index (χ0v) is 6.01. The molecule has 0 bridgehead atoms. The molecular formula is C7H10N4. The van der Waals surface area contributed by atoms with Crippen LogP contribution in [0.1, 0.15) is 0 Å². The van der Waals surface area contributed by atoms with E-state index < -0.39 is 0 Å². The topological polar surface area (TPSA) is 67.6 Å². The molecule has 4 heteroatoms. The van der Waals surface area contributed by atoms with Crippen molar-refractivity contribution in [2.75, 3.05) is 5.01 Å². The minimum atomic E-state index is 0.849. The number of hydrazone groups is 1. The molecule has 4 N–H and O–H groups in total. The summed E-state index contributed by atoms with van der Waals surface area (Å²) < 4.78 is 0. The van der Waals surface area contributed by atoms with Crippen molar-refractivity contribution in [3.8, 4) is 0 Å². The van der Waals surface area contributed by atoms with Crippen LogP contribution in [0.15, 0.2) is 35.4 Å². The molecule has 0 aliphatic carbocycles. The first-order chi connectivity index (χ1) is 5.34. The van der Waals surface area contributed by atoms with Gasteiger partial charge >= 0.3 is 0 Å². The third-order valence-electron chi connectivity index (χ3n) is 1.25. The van der Waals surface area contributed by atoms with Gasteiger partial charge < -0.3 is 5.84 Å². The Morgan fingerprint density at radius 3 is 2.45 bits per heavy atom. The lowest BCUT2D eigenvalue weighted by atomic mass is 10.3. The second-order valence-electron chi connectivity index (χ2n) is 2.01. The van der Waals surface area contributed by atoms with Crippen LogP contribution in [0, 0.1) is 0 Å². The third-order valence-corrected chi connectivity index (χ3v) is 1.25. The van der Waals surface area contributed by atoms with Gasteiger partial charge in [-0.25, -0.2) is 5.84 Å². The van der Waals surface area contributed by atoms with Gasteiger partial charge in [-0.2, -0.15) is 5.10 Å². The fourth-order valence-corrected chi connectivity index (χ4v) is 0.739. The molecule has 1 aromatic carbocycles. The lowest BCUT2D eigenvalue weighted by Crippen LogP contribution is -2.29. The quantitative estimate of drug-likeness (QED) is 0.275. The molecule has 4 nitrogen and oxygen atoms in total. The van der Waals surface area contributed by atoms with Gasteiger partial charge in [0.15, 0.2) is 0 Å². The number of hydrazine groups is 1. The highest BCUT2D eigenvalue weighted by Crippen LogP contribution is 2.06. The molecule has 1 rings (SSSR count). The molecule has 0 radical (unpaired) electrons. The summed E-state index contributed by atoms with van der Waals surface area (Å²) in [5.41, 5.74) is 0.849. The summed E-state index contributed by atoms with van der Waals surface area (Å²) in [6.45, 7) is 0. The van der Waals surface area contributed by atoms with Crippen LogP contribution >= 0.6 is 0 Å². The largest absolute Gasteiger partial charge is 0.322 e. The second-order valence-corrected chi connectivity index (χ2v) is 2.01.